The smallest absolute Gasteiger partial charge is 0.0863 e. The molecule has 0 saturated heterocycles. The molecule has 5 nitrogen and oxygen atoms in total. The number of hydrogen-bond acceptors (Lipinski definition) is 5. The van der Waals surface area contributed by atoms with Gasteiger partial charge in [-0.05, 0) is 27.5 Å². The monoisotopic (exact) mass is 329 g/mol. The molecule has 0 aromatic carbocycles. The van der Waals surface area contributed by atoms with Gasteiger partial charge in [0, 0.05) is 12.5 Å². The second-order valence-corrected chi connectivity index (χ2v) is 6.85. The normalized spacial score (nSPS) is 13.9. The third-order valence-electron chi connectivity index (χ3n) is 2.74. The summed E-state index contributed by atoms with van der Waals surface area (Å²) in [5.41, 5.74) is 8.17. The second-order valence-electron chi connectivity index (χ2n) is 5.21. The van der Waals surface area contributed by atoms with Gasteiger partial charge in [0.15, 0.2) is 0 Å². The van der Waals surface area contributed by atoms with Gasteiger partial charge in [0.1, 0.15) is 0 Å². The maximum atomic E-state index is 6.34. The van der Waals surface area contributed by atoms with Crippen molar-refractivity contribution in [2.45, 2.75) is 32.2 Å². The molecule has 2 aromatic heterocycles. The minimum Gasteiger partial charge on any atom is -0.318 e. The van der Waals surface area contributed by atoms with E-state index in [4.69, 9.17) is 5.73 Å². The van der Waals surface area contributed by atoms with Crippen molar-refractivity contribution in [3.05, 3.63) is 26.9 Å². The van der Waals surface area contributed by atoms with Crippen molar-refractivity contribution in [2.24, 2.45) is 12.8 Å². The molecule has 2 rings (SSSR count). The summed E-state index contributed by atoms with van der Waals surface area (Å²) in [4.78, 5) is 0.992. The standard InChI is InChI=1S/C11H16BrN5S/c1-11(2,3)10-9(18-16-15-10)7(13)8-6(12)5-14-17(8)4/h5,7H,13H2,1-4H3. The Morgan fingerprint density at radius 3 is 2.61 bits per heavy atom. The number of aromatic nitrogens is 4. The van der Waals surface area contributed by atoms with Gasteiger partial charge in [-0.2, -0.15) is 5.10 Å². The van der Waals surface area contributed by atoms with Gasteiger partial charge in [-0.25, -0.2) is 0 Å². The van der Waals surface area contributed by atoms with Crippen LogP contribution in [0.3, 0.4) is 0 Å². The first kappa shape index (κ1) is 13.6. The first-order chi connectivity index (χ1) is 8.32. The minimum atomic E-state index is -0.263. The fourth-order valence-electron chi connectivity index (χ4n) is 1.82. The molecule has 98 valence electrons. The fourth-order valence-corrected chi connectivity index (χ4v) is 3.28. The van der Waals surface area contributed by atoms with E-state index in [1.54, 1.807) is 10.9 Å². The Morgan fingerprint density at radius 1 is 1.44 bits per heavy atom. The lowest BCUT2D eigenvalue weighted by Gasteiger charge is -2.19. The molecular formula is C11H16BrN5S. The average molecular weight is 330 g/mol. The molecule has 2 heterocycles. The highest BCUT2D eigenvalue weighted by Crippen LogP contribution is 2.34. The molecule has 7 heteroatoms. The van der Waals surface area contributed by atoms with Crippen LogP contribution in [0.25, 0.3) is 0 Å². The van der Waals surface area contributed by atoms with E-state index in [0.717, 1.165) is 20.7 Å². The van der Waals surface area contributed by atoms with E-state index in [2.05, 4.69) is 51.4 Å². The number of nitrogens with two attached hydrogens (primary N) is 1. The molecule has 0 aliphatic rings. The summed E-state index contributed by atoms with van der Waals surface area (Å²) in [6, 6.07) is -0.263. The lowest BCUT2D eigenvalue weighted by atomic mass is 9.90. The molecule has 1 unspecified atom stereocenters. The Labute approximate surface area is 119 Å². The van der Waals surface area contributed by atoms with E-state index < -0.39 is 0 Å². The third kappa shape index (κ3) is 2.34. The number of hydrogen-bond donors (Lipinski definition) is 1. The predicted octanol–water partition coefficient (Wildman–Crippen LogP) is 2.38. The Hall–Kier alpha value is -0.790. The summed E-state index contributed by atoms with van der Waals surface area (Å²) in [6.07, 6.45) is 1.75. The Bertz CT molecular complexity index is 535. The van der Waals surface area contributed by atoms with Crippen molar-refractivity contribution in [2.75, 3.05) is 0 Å². The zero-order valence-corrected chi connectivity index (χ0v) is 13.2. The van der Waals surface area contributed by atoms with E-state index in [1.807, 2.05) is 7.05 Å². The average Bonchev–Trinajstić information content (AvgIpc) is 2.84. The largest absolute Gasteiger partial charge is 0.318 e. The highest BCUT2D eigenvalue weighted by atomic mass is 79.9. The van der Waals surface area contributed by atoms with Gasteiger partial charge < -0.3 is 5.73 Å². The molecule has 0 bridgehead atoms. The molecule has 1 atom stereocenters. The van der Waals surface area contributed by atoms with Crippen LogP contribution < -0.4 is 5.73 Å². The van der Waals surface area contributed by atoms with Gasteiger partial charge in [0.25, 0.3) is 0 Å². The van der Waals surface area contributed by atoms with E-state index in [-0.39, 0.29) is 11.5 Å². The van der Waals surface area contributed by atoms with E-state index >= 15 is 0 Å². The summed E-state index contributed by atoms with van der Waals surface area (Å²) < 4.78 is 6.73. The third-order valence-corrected chi connectivity index (χ3v) is 4.16. The SMILES string of the molecule is Cn1ncc(Br)c1C(N)c1snnc1C(C)(C)C. The Morgan fingerprint density at radius 2 is 2.11 bits per heavy atom. The number of nitrogens with zero attached hydrogens (tertiary/aromatic N) is 4. The van der Waals surface area contributed by atoms with Crippen LogP contribution in [0.5, 0.6) is 0 Å². The molecule has 18 heavy (non-hydrogen) atoms. The Kier molecular flexibility index (Phi) is 3.57. The molecule has 0 saturated carbocycles. The summed E-state index contributed by atoms with van der Waals surface area (Å²) in [6.45, 7) is 6.33. The molecule has 0 amide bonds. The lowest BCUT2D eigenvalue weighted by Crippen LogP contribution is -2.21. The zero-order valence-electron chi connectivity index (χ0n) is 10.8. The molecule has 2 N–H and O–H groups in total. The van der Waals surface area contributed by atoms with Crippen molar-refractivity contribution in [3.8, 4) is 0 Å². The van der Waals surface area contributed by atoms with Gasteiger partial charge in [-0.15, -0.1) is 5.10 Å². The van der Waals surface area contributed by atoms with Crippen molar-refractivity contribution < 1.29 is 0 Å². The predicted molar refractivity (Wildman–Crippen MR) is 75.5 cm³/mol. The van der Waals surface area contributed by atoms with Crippen molar-refractivity contribution >= 4 is 27.5 Å². The molecule has 2 aromatic rings. The molecule has 0 fully saturated rings. The quantitative estimate of drug-likeness (QED) is 0.918. The number of rotatable bonds is 2. The van der Waals surface area contributed by atoms with Crippen molar-refractivity contribution in [3.63, 3.8) is 0 Å². The van der Waals surface area contributed by atoms with Crippen LogP contribution in [0.2, 0.25) is 0 Å². The van der Waals surface area contributed by atoms with Gasteiger partial charge in [-0.3, -0.25) is 4.68 Å². The van der Waals surface area contributed by atoms with Crippen LogP contribution >= 0.6 is 27.5 Å². The Balaban J connectivity index is 2.48. The summed E-state index contributed by atoms with van der Waals surface area (Å²) in [5.74, 6) is 0. The number of aryl methyl sites for hydroxylation is 1. The maximum absolute atomic E-state index is 6.34. The van der Waals surface area contributed by atoms with Crippen LogP contribution in [0.15, 0.2) is 10.7 Å². The fraction of sp³-hybridized carbons (Fsp3) is 0.545. The zero-order chi connectivity index (χ0) is 13.5. The number of halogens is 1. The molecule has 0 spiro atoms. The summed E-state index contributed by atoms with van der Waals surface area (Å²) >= 11 is 4.83. The second kappa shape index (κ2) is 4.71. The van der Waals surface area contributed by atoms with Crippen LogP contribution in [-0.2, 0) is 12.5 Å². The summed E-state index contributed by atoms with van der Waals surface area (Å²) in [5, 5.41) is 8.41. The highest BCUT2D eigenvalue weighted by Gasteiger charge is 2.28. The minimum absolute atomic E-state index is 0.0645. The van der Waals surface area contributed by atoms with Crippen molar-refractivity contribution in [1.29, 1.82) is 0 Å². The first-order valence-electron chi connectivity index (χ1n) is 5.58. The van der Waals surface area contributed by atoms with Gasteiger partial charge in [-0.1, -0.05) is 25.3 Å². The summed E-state index contributed by atoms with van der Waals surface area (Å²) in [7, 11) is 1.88. The first-order valence-corrected chi connectivity index (χ1v) is 7.14. The molecular weight excluding hydrogens is 314 g/mol. The molecule has 0 aliphatic carbocycles. The maximum Gasteiger partial charge on any atom is 0.0863 e. The van der Waals surface area contributed by atoms with Gasteiger partial charge in [0.05, 0.1) is 33.0 Å². The van der Waals surface area contributed by atoms with Gasteiger partial charge in [0.2, 0.25) is 0 Å². The van der Waals surface area contributed by atoms with Crippen LogP contribution in [0.1, 0.15) is 43.1 Å². The van der Waals surface area contributed by atoms with E-state index in [1.165, 1.54) is 11.5 Å². The topological polar surface area (TPSA) is 69.6 Å². The van der Waals surface area contributed by atoms with Crippen molar-refractivity contribution in [1.82, 2.24) is 19.4 Å². The van der Waals surface area contributed by atoms with Crippen LogP contribution in [0, 0.1) is 0 Å². The molecule has 0 aliphatic heterocycles. The van der Waals surface area contributed by atoms with Gasteiger partial charge >= 0.3 is 0 Å². The molecule has 0 radical (unpaired) electrons. The van der Waals surface area contributed by atoms with E-state index in [9.17, 15) is 0 Å². The lowest BCUT2D eigenvalue weighted by molar-refractivity contribution is 0.553. The highest BCUT2D eigenvalue weighted by molar-refractivity contribution is 9.10. The van der Waals surface area contributed by atoms with E-state index in [0.29, 0.717) is 0 Å². The van der Waals surface area contributed by atoms with Crippen LogP contribution in [0.4, 0.5) is 0 Å². The van der Waals surface area contributed by atoms with Crippen LogP contribution in [-0.4, -0.2) is 19.4 Å².